The number of furan rings is 1. The van der Waals surface area contributed by atoms with Crippen molar-refractivity contribution in [3.63, 3.8) is 0 Å². The first-order chi connectivity index (χ1) is 17.2. The Morgan fingerprint density at radius 1 is 0.600 bits per heavy atom. The van der Waals surface area contributed by atoms with Gasteiger partial charge in [0.15, 0.2) is 0 Å². The molecule has 0 atom stereocenters. The van der Waals surface area contributed by atoms with Crippen molar-refractivity contribution in [2.75, 3.05) is 0 Å². The van der Waals surface area contributed by atoms with Gasteiger partial charge in [0.05, 0.1) is 11.4 Å². The zero-order chi connectivity index (χ0) is 23.8. The van der Waals surface area contributed by atoms with Crippen molar-refractivity contribution in [2.45, 2.75) is 13.8 Å². The minimum atomic E-state index is 0.871. The van der Waals surface area contributed by atoms with Crippen LogP contribution in [0.4, 0.5) is 0 Å². The molecule has 3 nitrogen and oxygen atoms in total. The van der Waals surface area contributed by atoms with Gasteiger partial charge >= 0.3 is 0 Å². The molecule has 0 amide bonds. The molecule has 0 radical (unpaired) electrons. The summed E-state index contributed by atoms with van der Waals surface area (Å²) in [5.74, 6) is 0. The standard InChI is InChI=1S/C32H24N2O/c1-21-15-16-33-30(17-21)27-19-28-26-9-5-6-10-31(26)35-32(28)18-24(27)13-12-23-7-3-4-8-25(23)29-14-11-22(2)20-34-29/h3-20H,1-2H3/b13-12+. The van der Waals surface area contributed by atoms with Crippen LogP contribution in [0.2, 0.25) is 0 Å². The van der Waals surface area contributed by atoms with Crippen LogP contribution in [0.15, 0.2) is 102 Å². The normalized spacial score (nSPS) is 11.6. The van der Waals surface area contributed by atoms with E-state index in [1.807, 2.05) is 36.7 Å². The monoisotopic (exact) mass is 452 g/mol. The van der Waals surface area contributed by atoms with E-state index in [9.17, 15) is 0 Å². The van der Waals surface area contributed by atoms with Crippen molar-refractivity contribution in [1.82, 2.24) is 9.97 Å². The van der Waals surface area contributed by atoms with Gasteiger partial charge < -0.3 is 4.42 Å². The number of aryl methyl sites for hydroxylation is 2. The van der Waals surface area contributed by atoms with E-state index >= 15 is 0 Å². The molecule has 3 aromatic carbocycles. The summed E-state index contributed by atoms with van der Waals surface area (Å²) < 4.78 is 6.20. The Morgan fingerprint density at radius 2 is 1.43 bits per heavy atom. The van der Waals surface area contributed by atoms with Crippen LogP contribution in [0.5, 0.6) is 0 Å². The van der Waals surface area contributed by atoms with Gasteiger partial charge in [-0.25, -0.2) is 0 Å². The molecule has 35 heavy (non-hydrogen) atoms. The molecular weight excluding hydrogens is 428 g/mol. The maximum Gasteiger partial charge on any atom is 0.136 e. The Balaban J connectivity index is 1.52. The Bertz CT molecular complexity index is 1710. The van der Waals surface area contributed by atoms with E-state index in [4.69, 9.17) is 9.40 Å². The molecule has 0 aliphatic carbocycles. The number of hydrogen-bond acceptors (Lipinski definition) is 3. The molecule has 3 heterocycles. The van der Waals surface area contributed by atoms with Crippen LogP contribution in [-0.2, 0) is 0 Å². The molecule has 0 fully saturated rings. The van der Waals surface area contributed by atoms with E-state index < -0.39 is 0 Å². The van der Waals surface area contributed by atoms with Crippen LogP contribution >= 0.6 is 0 Å². The number of pyridine rings is 2. The first kappa shape index (κ1) is 21.1. The third kappa shape index (κ3) is 4.02. The largest absolute Gasteiger partial charge is 0.456 e. The second-order valence-corrected chi connectivity index (χ2v) is 8.89. The Hall–Kier alpha value is -4.50. The van der Waals surface area contributed by atoms with Crippen LogP contribution in [0.1, 0.15) is 22.3 Å². The first-order valence-electron chi connectivity index (χ1n) is 11.7. The van der Waals surface area contributed by atoms with E-state index in [1.54, 1.807) is 0 Å². The number of hydrogen-bond donors (Lipinski definition) is 0. The molecule has 3 aromatic heterocycles. The lowest BCUT2D eigenvalue weighted by Gasteiger charge is -2.09. The zero-order valence-electron chi connectivity index (χ0n) is 19.7. The average Bonchev–Trinajstić information content (AvgIpc) is 3.25. The highest BCUT2D eigenvalue weighted by atomic mass is 16.3. The van der Waals surface area contributed by atoms with Gasteiger partial charge in [0.2, 0.25) is 0 Å². The van der Waals surface area contributed by atoms with Crippen molar-refractivity contribution in [1.29, 1.82) is 0 Å². The summed E-state index contributed by atoms with van der Waals surface area (Å²) in [5, 5.41) is 2.21. The molecule has 0 saturated heterocycles. The molecular formula is C32H24N2O. The molecule has 168 valence electrons. The fourth-order valence-corrected chi connectivity index (χ4v) is 4.51. The third-order valence-electron chi connectivity index (χ3n) is 6.33. The minimum Gasteiger partial charge on any atom is -0.456 e. The molecule has 3 heteroatoms. The Morgan fingerprint density at radius 3 is 2.29 bits per heavy atom. The molecule has 0 unspecified atom stereocenters. The number of fused-ring (bicyclic) bond motifs is 3. The molecule has 0 aliphatic rings. The molecule has 0 bridgehead atoms. The summed E-state index contributed by atoms with van der Waals surface area (Å²) in [4.78, 5) is 9.34. The number of aromatic nitrogens is 2. The highest BCUT2D eigenvalue weighted by molar-refractivity contribution is 6.07. The maximum absolute atomic E-state index is 6.20. The molecule has 0 saturated carbocycles. The summed E-state index contributed by atoms with van der Waals surface area (Å²) in [5.41, 5.74) is 10.3. The highest BCUT2D eigenvalue weighted by Crippen LogP contribution is 2.35. The molecule has 0 spiro atoms. The van der Waals surface area contributed by atoms with Crippen molar-refractivity contribution in [2.24, 2.45) is 0 Å². The van der Waals surface area contributed by atoms with Crippen LogP contribution in [-0.4, -0.2) is 9.97 Å². The van der Waals surface area contributed by atoms with E-state index in [1.165, 1.54) is 5.56 Å². The topological polar surface area (TPSA) is 38.9 Å². The predicted molar refractivity (Wildman–Crippen MR) is 145 cm³/mol. The summed E-state index contributed by atoms with van der Waals surface area (Å²) in [6.07, 6.45) is 8.08. The second kappa shape index (κ2) is 8.69. The third-order valence-corrected chi connectivity index (χ3v) is 6.33. The van der Waals surface area contributed by atoms with E-state index in [0.29, 0.717) is 0 Å². The summed E-state index contributed by atoms with van der Waals surface area (Å²) in [6.45, 7) is 4.15. The van der Waals surface area contributed by atoms with E-state index in [2.05, 4.69) is 91.6 Å². The van der Waals surface area contributed by atoms with Crippen molar-refractivity contribution in [3.05, 3.63) is 120 Å². The van der Waals surface area contributed by atoms with Gasteiger partial charge in [0, 0.05) is 34.3 Å². The summed E-state index contributed by atoms with van der Waals surface area (Å²) >= 11 is 0. The summed E-state index contributed by atoms with van der Waals surface area (Å²) in [7, 11) is 0. The van der Waals surface area contributed by atoms with Crippen molar-refractivity contribution >= 4 is 34.1 Å². The van der Waals surface area contributed by atoms with Crippen molar-refractivity contribution in [3.8, 4) is 22.5 Å². The lowest BCUT2D eigenvalue weighted by molar-refractivity contribution is 0.669. The molecule has 0 aliphatic heterocycles. The smallest absolute Gasteiger partial charge is 0.136 e. The SMILES string of the molecule is Cc1ccc(-c2ccccc2/C=C/c2cc3oc4ccccc4c3cc2-c2cc(C)ccn2)nc1. The Kier molecular flexibility index (Phi) is 5.23. The molecule has 6 rings (SSSR count). The first-order valence-corrected chi connectivity index (χ1v) is 11.7. The van der Waals surface area contributed by atoms with Crippen LogP contribution in [0, 0.1) is 13.8 Å². The molecule has 0 N–H and O–H groups in total. The van der Waals surface area contributed by atoms with E-state index in [-0.39, 0.29) is 0 Å². The zero-order valence-corrected chi connectivity index (χ0v) is 19.7. The second-order valence-electron chi connectivity index (χ2n) is 8.89. The molecule has 6 aromatic rings. The average molecular weight is 453 g/mol. The highest BCUT2D eigenvalue weighted by Gasteiger charge is 2.13. The predicted octanol–water partition coefficient (Wildman–Crippen LogP) is 8.50. The van der Waals surface area contributed by atoms with Gasteiger partial charge in [0.25, 0.3) is 0 Å². The van der Waals surface area contributed by atoms with Gasteiger partial charge in [-0.3, -0.25) is 9.97 Å². The summed E-state index contributed by atoms with van der Waals surface area (Å²) in [6, 6.07) is 29.2. The van der Waals surface area contributed by atoms with Crippen LogP contribution < -0.4 is 0 Å². The van der Waals surface area contributed by atoms with Gasteiger partial charge in [-0.1, -0.05) is 60.7 Å². The van der Waals surface area contributed by atoms with Gasteiger partial charge in [-0.2, -0.15) is 0 Å². The van der Waals surface area contributed by atoms with Crippen molar-refractivity contribution < 1.29 is 4.42 Å². The van der Waals surface area contributed by atoms with Crippen LogP contribution in [0.3, 0.4) is 0 Å². The quantitative estimate of drug-likeness (QED) is 0.252. The lowest BCUT2D eigenvalue weighted by Crippen LogP contribution is -1.89. The van der Waals surface area contributed by atoms with Gasteiger partial charge in [-0.05, 0) is 72.5 Å². The number of nitrogens with zero attached hydrogens (tertiary/aromatic N) is 2. The fraction of sp³-hybridized carbons (Fsp3) is 0.0625. The number of rotatable bonds is 4. The Labute approximate surface area is 204 Å². The van der Waals surface area contributed by atoms with Crippen LogP contribution in [0.25, 0.3) is 56.6 Å². The van der Waals surface area contributed by atoms with Gasteiger partial charge in [-0.15, -0.1) is 0 Å². The number of para-hydroxylation sites is 1. The number of benzene rings is 3. The van der Waals surface area contributed by atoms with E-state index in [0.717, 1.165) is 61.1 Å². The fourth-order valence-electron chi connectivity index (χ4n) is 4.51. The maximum atomic E-state index is 6.20. The minimum absolute atomic E-state index is 0.871. The van der Waals surface area contributed by atoms with Gasteiger partial charge in [0.1, 0.15) is 11.2 Å². The lowest BCUT2D eigenvalue weighted by atomic mass is 9.97.